The van der Waals surface area contributed by atoms with Gasteiger partial charge < -0.3 is 68.4 Å². The maximum atomic E-state index is 13.2. The van der Waals surface area contributed by atoms with E-state index in [9.17, 15) is 31.5 Å². The predicted molar refractivity (Wildman–Crippen MR) is 483 cm³/mol. The second-order valence-corrected chi connectivity index (χ2v) is 34.5. The van der Waals surface area contributed by atoms with Gasteiger partial charge in [-0.2, -0.15) is 8.78 Å². The van der Waals surface area contributed by atoms with E-state index in [1.807, 2.05) is 69.4 Å². The number of ether oxygens (including phenoxy) is 5. The van der Waals surface area contributed by atoms with Crippen LogP contribution in [0.5, 0.6) is 23.0 Å². The van der Waals surface area contributed by atoms with Crippen LogP contribution in [0.4, 0.5) is 45.2 Å². The maximum absolute atomic E-state index is 13.2. The van der Waals surface area contributed by atoms with E-state index in [1.54, 1.807) is 79.6 Å². The van der Waals surface area contributed by atoms with Crippen LogP contribution in [0.2, 0.25) is 0 Å². The van der Waals surface area contributed by atoms with Crippen molar-refractivity contribution in [3.8, 4) is 56.8 Å². The standard InChI is InChI=1S/C33H35F2N7O2.C33H34FN5O4.C32H31F2N5O3/c1-21-29(22-4-3-5-25(16-22)44-32(34)35)40-31(39-21)33(2)8-10-42(11-9-33)30-26-17-24(18-27(26)37-20-38-30)23-6-7-28(36-19-23)41-12-14-43-15-13-41;1-20-30(23-6-10-26(11-7-23)43-21(2)34)38-32(37-20)33(3)12-14-39(15-13-33)31-27-16-24(17-28(27)35-19-36-31)22-4-8-25(9-5-22)42-18-29(40)41;1-19-28(21-3-5-22(6-4-21)29(33)34)38-31(37-19)32(2)11-13-39(14-12-32)30-25-15-23(16-26(25)35-18-36-30)20-7-9-24(10-8-20)42-17-27(40)41/h3-7,16-17,19-20,32H,8-15,18H2,1-2H3,(H,39,40);4-11,16,19,21H,12-15,17-18H2,1-3H3,(H,37,38)(H,40,41);3-10,15,18,29H,11-14,16-17H2,1-2H3,(H,37,38)(H,40,41). The van der Waals surface area contributed by atoms with Gasteiger partial charge in [0.2, 0.25) is 6.36 Å². The number of piperidine rings is 3. The van der Waals surface area contributed by atoms with Crippen LogP contribution in [0.15, 0.2) is 159 Å². The van der Waals surface area contributed by atoms with Gasteiger partial charge in [-0.15, -0.1) is 0 Å². The number of hydrogen-bond donors (Lipinski definition) is 5. The van der Waals surface area contributed by atoms with E-state index in [0.717, 1.165) is 264 Å². The molecule has 4 fully saturated rings. The number of alkyl halides is 5. The molecule has 666 valence electrons. The fourth-order valence-corrected chi connectivity index (χ4v) is 17.9. The molecule has 0 bridgehead atoms. The third-order valence-corrected chi connectivity index (χ3v) is 25.6. The maximum Gasteiger partial charge on any atom is 0.387 e. The van der Waals surface area contributed by atoms with Crippen LogP contribution in [0, 0.1) is 20.8 Å². The SMILES string of the molecule is Cc1[nH]c(C2(C)CCN(c3ncnc4c3C=C(c3ccc(N5CCOCC5)nc3)C4)CC2)nc1-c1cccc(OC(F)F)c1.Cc1[nH]c(C2(C)CCN(c3ncnc4c3C=C(c3ccc(OCC(=O)O)cc3)C4)CC2)nc1-c1ccc(C(F)F)cc1.Cc1[nH]c(C2(C)CCN(c3ncnc4c3C=C(c3ccc(OCC(=O)O)cc3)C4)CC2)nc1-c1ccc(OC(C)F)cc1. The van der Waals surface area contributed by atoms with Crippen molar-refractivity contribution in [2.24, 2.45) is 0 Å². The highest BCUT2D eigenvalue weighted by Gasteiger charge is 2.41. The van der Waals surface area contributed by atoms with Crippen LogP contribution < -0.4 is 38.5 Å². The van der Waals surface area contributed by atoms with Gasteiger partial charge in [-0.1, -0.05) is 81.4 Å². The molecule has 0 amide bonds. The van der Waals surface area contributed by atoms with Crippen LogP contribution in [0.25, 0.3) is 68.7 Å². The Hall–Kier alpha value is -13.7. The number of allylic oxidation sites excluding steroid dienone is 3. The van der Waals surface area contributed by atoms with Crippen molar-refractivity contribution < 1.29 is 65.4 Å². The Morgan fingerprint density at radius 3 is 1.19 bits per heavy atom. The number of nitrogens with one attached hydrogen (secondary N) is 3. The van der Waals surface area contributed by atoms with Crippen molar-refractivity contribution in [1.29, 1.82) is 0 Å². The number of aliphatic carboxylic acids is 2. The first-order chi connectivity index (χ1) is 62.2. The van der Waals surface area contributed by atoms with Gasteiger partial charge in [0, 0.05) is 157 Å². The first-order valence-electron chi connectivity index (χ1n) is 43.4. The number of carbonyl (C=O) groups is 2. The number of fused-ring (bicyclic) bond motifs is 3. The highest BCUT2D eigenvalue weighted by molar-refractivity contribution is 5.93. The van der Waals surface area contributed by atoms with Crippen molar-refractivity contribution in [3.05, 3.63) is 249 Å². The first kappa shape index (κ1) is 87.4. The van der Waals surface area contributed by atoms with Gasteiger partial charge >= 0.3 is 18.6 Å². The molecule has 4 saturated heterocycles. The fraction of sp³-hybridized carbons (Fsp3) is 0.347. The summed E-state index contributed by atoms with van der Waals surface area (Å²) in [5.41, 5.74) is 20.2. The summed E-state index contributed by atoms with van der Waals surface area (Å²) in [5, 5.41) is 17.7. The molecule has 31 heteroatoms. The summed E-state index contributed by atoms with van der Waals surface area (Å²) >= 11 is 0. The van der Waals surface area contributed by atoms with Crippen LogP contribution in [0.1, 0.15) is 163 Å². The second-order valence-electron chi connectivity index (χ2n) is 34.5. The summed E-state index contributed by atoms with van der Waals surface area (Å²) in [6.45, 7) is 18.6. The number of halogens is 5. The predicted octanol–water partition coefficient (Wildman–Crippen LogP) is 17.9. The molecule has 129 heavy (non-hydrogen) atoms. The lowest BCUT2D eigenvalue weighted by Crippen LogP contribution is -2.42. The number of carboxylic acid groups (broad SMARTS) is 2. The molecule has 4 aliphatic heterocycles. The molecule has 1 atom stereocenters. The molecule has 7 aliphatic rings. The van der Waals surface area contributed by atoms with Crippen molar-refractivity contribution >= 4 is 70.2 Å². The number of aromatic nitrogens is 13. The zero-order chi connectivity index (χ0) is 89.8. The average molecular weight is 1750 g/mol. The molecule has 0 spiro atoms. The summed E-state index contributed by atoms with van der Waals surface area (Å²) < 4.78 is 90.5. The van der Waals surface area contributed by atoms with Gasteiger partial charge in [0.05, 0.1) is 47.4 Å². The normalized spacial score (nSPS) is 16.8. The van der Waals surface area contributed by atoms with Crippen molar-refractivity contribution in [2.45, 2.75) is 142 Å². The van der Waals surface area contributed by atoms with Crippen molar-refractivity contribution in [1.82, 2.24) is 64.8 Å². The number of nitrogens with zero attached hydrogens (tertiary/aromatic N) is 14. The highest BCUT2D eigenvalue weighted by Crippen LogP contribution is 2.46. The summed E-state index contributed by atoms with van der Waals surface area (Å²) in [4.78, 5) is 88.8. The number of imidazole rings is 3. The molecule has 5 N–H and O–H groups in total. The molecule has 19 rings (SSSR count). The summed E-state index contributed by atoms with van der Waals surface area (Å²) in [5.74, 6) is 6.26. The van der Waals surface area contributed by atoms with Crippen molar-refractivity contribution in [3.63, 3.8) is 0 Å². The number of H-pyrrole nitrogens is 3. The van der Waals surface area contributed by atoms with E-state index >= 15 is 0 Å². The van der Waals surface area contributed by atoms with Gasteiger partial charge in [0.25, 0.3) is 6.43 Å². The van der Waals surface area contributed by atoms with Crippen LogP contribution in [0.3, 0.4) is 0 Å². The van der Waals surface area contributed by atoms with E-state index in [-0.39, 0.29) is 40.8 Å². The number of rotatable bonds is 24. The van der Waals surface area contributed by atoms with Gasteiger partial charge in [-0.05, 0) is 184 Å². The second kappa shape index (κ2) is 37.3. The quantitative estimate of drug-likeness (QED) is 0.0351. The molecule has 1 unspecified atom stereocenters. The Morgan fingerprint density at radius 1 is 0.434 bits per heavy atom. The third kappa shape index (κ3) is 19.4. The van der Waals surface area contributed by atoms with E-state index in [1.165, 1.54) is 30.7 Å². The number of carboxylic acids is 2. The first-order valence-corrected chi connectivity index (χ1v) is 43.4. The minimum atomic E-state index is -2.87. The van der Waals surface area contributed by atoms with Crippen molar-refractivity contribution in [2.75, 3.05) is 98.4 Å². The molecule has 0 radical (unpaired) electrons. The number of benzene rings is 5. The smallest absolute Gasteiger partial charge is 0.387 e. The number of pyridine rings is 1. The van der Waals surface area contributed by atoms with Gasteiger partial charge in [-0.3, -0.25) is 0 Å². The molecule has 11 heterocycles. The molecule has 5 aromatic carbocycles. The Balaban J connectivity index is 0.000000136. The number of morpholine rings is 1. The number of anilines is 4. The molecular weight excluding hydrogens is 1650 g/mol. The zero-order valence-electron chi connectivity index (χ0n) is 72.7. The Labute approximate surface area is 742 Å². The van der Waals surface area contributed by atoms with E-state index < -0.39 is 31.3 Å². The van der Waals surface area contributed by atoms with Crippen LogP contribution in [-0.4, -0.2) is 179 Å². The molecule has 3 aliphatic carbocycles. The average Bonchev–Trinajstić information content (AvgIpc) is 1.64. The molecule has 0 saturated carbocycles. The Kier molecular flexibility index (Phi) is 25.3. The number of aryl methyl sites for hydroxylation is 3. The van der Waals surface area contributed by atoms with E-state index in [4.69, 9.17) is 59.1 Å². The highest BCUT2D eigenvalue weighted by atomic mass is 19.3. The largest absolute Gasteiger partial charge is 0.482 e. The lowest BCUT2D eigenvalue weighted by molar-refractivity contribution is -0.140. The minimum absolute atomic E-state index is 0.00477. The molecular formula is C98H100F5N17O9. The number of aromatic amines is 3. The summed E-state index contributed by atoms with van der Waals surface area (Å²) in [6, 6.07) is 39.5. The van der Waals surface area contributed by atoms with Crippen LogP contribution >= 0.6 is 0 Å². The fourth-order valence-electron chi connectivity index (χ4n) is 17.9. The molecule has 26 nitrogen and oxygen atoms in total. The minimum Gasteiger partial charge on any atom is -0.482 e. The monoisotopic (exact) mass is 1750 g/mol. The lowest BCUT2D eigenvalue weighted by atomic mass is 9.79. The summed E-state index contributed by atoms with van der Waals surface area (Å²) in [6.07, 6.45) is 17.1. The van der Waals surface area contributed by atoms with Crippen LogP contribution in [-0.2, 0) is 49.8 Å². The lowest BCUT2D eigenvalue weighted by Gasteiger charge is -2.39. The van der Waals surface area contributed by atoms with Gasteiger partial charge in [0.15, 0.2) is 13.2 Å². The Bertz CT molecular complexity index is 6150. The van der Waals surface area contributed by atoms with Gasteiger partial charge in [0.1, 0.15) is 82.7 Å². The van der Waals surface area contributed by atoms with E-state index in [0.29, 0.717) is 30.1 Å². The topological polar surface area (TPSA) is 310 Å². The third-order valence-electron chi connectivity index (χ3n) is 25.6. The molecule has 7 aromatic heterocycles. The van der Waals surface area contributed by atoms with E-state index in [2.05, 4.69) is 110 Å². The number of hydrogen-bond acceptors (Lipinski definition) is 21. The summed E-state index contributed by atoms with van der Waals surface area (Å²) in [7, 11) is 0. The molecule has 12 aromatic rings. The zero-order valence-corrected chi connectivity index (χ0v) is 72.7. The van der Waals surface area contributed by atoms with Gasteiger partial charge in [-0.25, -0.2) is 72.6 Å². The Morgan fingerprint density at radius 2 is 0.814 bits per heavy atom.